The first-order chi connectivity index (χ1) is 25.4. The van der Waals surface area contributed by atoms with E-state index in [0.717, 1.165) is 77.8 Å². The Bertz CT molecular complexity index is 2250. The van der Waals surface area contributed by atoms with E-state index < -0.39 is 10.0 Å². The topological polar surface area (TPSA) is 110 Å². The Hall–Kier alpha value is -4.94. The number of nitrogens with zero attached hydrogens (tertiary/aromatic N) is 6. The molecular weight excluding hydrogens is 689 g/mol. The van der Waals surface area contributed by atoms with Crippen molar-refractivity contribution in [3.63, 3.8) is 0 Å². The Morgan fingerprint density at radius 2 is 1.60 bits per heavy atom. The number of benzene rings is 2. The fourth-order valence-electron chi connectivity index (χ4n) is 7.92. The number of carbonyl (C=O) groups excluding carboxylic acids is 1. The van der Waals surface area contributed by atoms with Gasteiger partial charge in [-0.2, -0.15) is 0 Å². The summed E-state index contributed by atoms with van der Waals surface area (Å²) in [7, 11) is -2.34. The quantitative estimate of drug-likeness (QED) is 0.191. The molecule has 11 nitrogen and oxygen atoms in total. The monoisotopic (exact) mass is 736 g/mol. The van der Waals surface area contributed by atoms with Crippen molar-refractivity contribution >= 4 is 32.7 Å². The maximum Gasteiger partial charge on any atom is 0.275 e. The zero-order valence-corrected chi connectivity index (χ0v) is 31.9. The largest absolute Gasteiger partial charge is 0.492 e. The van der Waals surface area contributed by atoms with Gasteiger partial charge >= 0.3 is 0 Å². The number of piperidine rings is 1. The summed E-state index contributed by atoms with van der Waals surface area (Å²) in [4.78, 5) is 36.8. The molecular formula is C41H48N6O5S. The highest BCUT2D eigenvalue weighted by molar-refractivity contribution is 7.90. The van der Waals surface area contributed by atoms with Crippen molar-refractivity contribution in [2.45, 2.75) is 63.4 Å². The van der Waals surface area contributed by atoms with Gasteiger partial charge < -0.3 is 19.1 Å². The van der Waals surface area contributed by atoms with Crippen molar-refractivity contribution in [3.05, 3.63) is 107 Å². The van der Waals surface area contributed by atoms with Gasteiger partial charge in [0.05, 0.1) is 4.90 Å². The van der Waals surface area contributed by atoms with Crippen LogP contribution >= 0.6 is 0 Å². The Balaban J connectivity index is 0.970. The molecule has 2 aliphatic rings. The highest BCUT2D eigenvalue weighted by atomic mass is 32.2. The Labute approximate surface area is 311 Å². The van der Waals surface area contributed by atoms with E-state index in [1.807, 2.05) is 24.0 Å². The summed E-state index contributed by atoms with van der Waals surface area (Å²) in [6, 6.07) is 21.4. The lowest BCUT2D eigenvalue weighted by Crippen LogP contribution is -2.58. The summed E-state index contributed by atoms with van der Waals surface area (Å²) in [5, 5.41) is 0.559. The van der Waals surface area contributed by atoms with Crippen molar-refractivity contribution in [2.75, 3.05) is 44.2 Å². The van der Waals surface area contributed by atoms with Crippen LogP contribution in [0.2, 0.25) is 0 Å². The first kappa shape index (κ1) is 36.4. The number of rotatable bonds is 9. The van der Waals surface area contributed by atoms with Gasteiger partial charge in [-0.3, -0.25) is 14.5 Å². The molecule has 0 bridgehead atoms. The average molecular weight is 737 g/mol. The zero-order valence-electron chi connectivity index (χ0n) is 31.1. The minimum atomic E-state index is -3.98. The van der Waals surface area contributed by atoms with E-state index in [0.29, 0.717) is 30.0 Å². The second-order valence-corrected chi connectivity index (χ2v) is 16.4. The summed E-state index contributed by atoms with van der Waals surface area (Å²) in [5.41, 5.74) is 3.53. The van der Waals surface area contributed by atoms with Gasteiger partial charge in [0.2, 0.25) is 5.91 Å². The number of aryl methyl sites for hydroxylation is 2. The lowest BCUT2D eigenvalue weighted by molar-refractivity contribution is -0.133. The van der Waals surface area contributed by atoms with E-state index in [1.165, 1.54) is 16.3 Å². The molecule has 1 amide bonds. The second-order valence-electron chi connectivity index (χ2n) is 14.6. The second kappa shape index (κ2) is 14.8. The SMILES string of the molecule is CC(=O)N1C[C@@H](C)N(CCOc2ccc(C3CCN(c4ccc(-c5cn(C)c(=O)c6c5ccn6S(=O)(=O)c5ccc(C)cc5)cn4)CC3)cc2)[C@@H](C)C1. The van der Waals surface area contributed by atoms with Crippen molar-refractivity contribution in [2.24, 2.45) is 7.05 Å². The van der Waals surface area contributed by atoms with E-state index >= 15 is 0 Å². The predicted octanol–water partition coefficient (Wildman–Crippen LogP) is 5.65. The van der Waals surface area contributed by atoms with Crippen LogP contribution in [0.4, 0.5) is 5.82 Å². The van der Waals surface area contributed by atoms with Crippen molar-refractivity contribution in [3.8, 4) is 16.9 Å². The Morgan fingerprint density at radius 3 is 2.23 bits per heavy atom. The third kappa shape index (κ3) is 7.34. The highest BCUT2D eigenvalue weighted by Gasteiger charge is 2.30. The molecule has 5 heterocycles. The van der Waals surface area contributed by atoms with Crippen LogP contribution in [0.3, 0.4) is 0 Å². The third-order valence-corrected chi connectivity index (χ3v) is 12.7. The lowest BCUT2D eigenvalue weighted by Gasteiger charge is -2.44. The number of carbonyl (C=O) groups is 1. The van der Waals surface area contributed by atoms with E-state index in [9.17, 15) is 18.0 Å². The van der Waals surface area contributed by atoms with Crippen LogP contribution in [-0.2, 0) is 21.9 Å². The molecule has 0 unspecified atom stereocenters. The molecule has 2 atom stereocenters. The summed E-state index contributed by atoms with van der Waals surface area (Å²) in [6.07, 6.45) is 7.02. The molecule has 0 radical (unpaired) electrons. The first-order valence-electron chi connectivity index (χ1n) is 18.4. The molecule has 3 aromatic heterocycles. The third-order valence-electron chi connectivity index (χ3n) is 11.0. The van der Waals surface area contributed by atoms with Crippen LogP contribution in [0.5, 0.6) is 5.75 Å². The van der Waals surface area contributed by atoms with Gasteiger partial charge in [-0.15, -0.1) is 0 Å². The first-order valence-corrected chi connectivity index (χ1v) is 19.8. The number of ether oxygens (including phenoxy) is 1. The summed E-state index contributed by atoms with van der Waals surface area (Å²) in [6.45, 7) is 12.6. The van der Waals surface area contributed by atoms with Crippen molar-refractivity contribution in [1.82, 2.24) is 23.3 Å². The maximum absolute atomic E-state index is 13.6. The van der Waals surface area contributed by atoms with E-state index in [4.69, 9.17) is 9.72 Å². The molecule has 278 valence electrons. The van der Waals surface area contributed by atoms with Gasteiger partial charge in [-0.25, -0.2) is 17.4 Å². The smallest absolute Gasteiger partial charge is 0.275 e. The summed E-state index contributed by atoms with van der Waals surface area (Å²) in [5.74, 6) is 2.36. The van der Waals surface area contributed by atoms with Gasteiger partial charge in [0, 0.05) is 93.9 Å². The molecule has 0 saturated carbocycles. The Morgan fingerprint density at radius 1 is 0.925 bits per heavy atom. The molecule has 7 rings (SSSR count). The van der Waals surface area contributed by atoms with Gasteiger partial charge in [0.25, 0.3) is 15.6 Å². The molecule has 0 aliphatic carbocycles. The summed E-state index contributed by atoms with van der Waals surface area (Å²) >= 11 is 0. The number of hydrogen-bond acceptors (Lipinski definition) is 8. The van der Waals surface area contributed by atoms with Gasteiger partial charge in [0.15, 0.2) is 0 Å². The van der Waals surface area contributed by atoms with Crippen LogP contribution in [0, 0.1) is 6.92 Å². The zero-order chi connectivity index (χ0) is 37.4. The van der Waals surface area contributed by atoms with Crippen molar-refractivity contribution < 1.29 is 17.9 Å². The molecule has 12 heteroatoms. The average Bonchev–Trinajstić information content (AvgIpc) is 3.61. The number of aromatic nitrogens is 3. The molecule has 2 fully saturated rings. The number of fused-ring (bicyclic) bond motifs is 1. The van der Waals surface area contributed by atoms with E-state index in [-0.39, 0.29) is 21.9 Å². The maximum atomic E-state index is 13.6. The van der Waals surface area contributed by atoms with Gasteiger partial charge in [-0.1, -0.05) is 29.8 Å². The van der Waals surface area contributed by atoms with Crippen molar-refractivity contribution in [1.29, 1.82) is 0 Å². The highest BCUT2D eigenvalue weighted by Crippen LogP contribution is 2.33. The van der Waals surface area contributed by atoms with Crippen LogP contribution in [-0.4, -0.2) is 89.1 Å². The lowest BCUT2D eigenvalue weighted by atomic mass is 9.89. The molecule has 53 heavy (non-hydrogen) atoms. The Kier molecular flexibility index (Phi) is 10.2. The minimum absolute atomic E-state index is 0.112. The fraction of sp³-hybridized carbons (Fsp3) is 0.390. The molecule has 2 saturated heterocycles. The molecule has 0 N–H and O–H groups in total. The predicted molar refractivity (Wildman–Crippen MR) is 208 cm³/mol. The normalized spacial score (nSPS) is 18.8. The van der Waals surface area contributed by atoms with Gasteiger partial charge in [0.1, 0.15) is 23.7 Å². The van der Waals surface area contributed by atoms with E-state index in [1.54, 1.807) is 56.7 Å². The van der Waals surface area contributed by atoms with Crippen LogP contribution in [0.1, 0.15) is 50.7 Å². The molecule has 5 aromatic rings. The number of anilines is 1. The molecule has 2 aromatic carbocycles. The van der Waals surface area contributed by atoms with Crippen LogP contribution in [0.25, 0.3) is 22.0 Å². The number of pyridine rings is 2. The van der Waals surface area contributed by atoms with Crippen LogP contribution in [0.15, 0.2) is 95.0 Å². The number of amides is 1. The molecule has 2 aliphatic heterocycles. The number of piperazine rings is 1. The van der Waals surface area contributed by atoms with Gasteiger partial charge in [-0.05, 0) is 87.6 Å². The minimum Gasteiger partial charge on any atom is -0.492 e. The van der Waals surface area contributed by atoms with E-state index in [2.05, 4.69) is 47.9 Å². The van der Waals surface area contributed by atoms with Crippen LogP contribution < -0.4 is 15.2 Å². The summed E-state index contributed by atoms with van der Waals surface area (Å²) < 4.78 is 35.8. The fourth-order valence-corrected chi connectivity index (χ4v) is 9.26. The standard InChI is InChI=1S/C41H48N6O5S/c1-28-6-13-36(14-7-28)53(50,51)47-21-18-37-38(27-43(5)41(49)40(37)47)34-10-15-39(42-24-34)44-19-16-33(17-20-44)32-8-11-35(12-9-32)52-23-22-46-29(2)25-45(31(4)48)26-30(46)3/h6-15,18,21,24,27,29-30,33H,16-17,19-20,22-23,25-26H2,1-5H3/t29-,30+. The number of hydrogen-bond donors (Lipinski definition) is 0. The molecule has 0 spiro atoms.